The van der Waals surface area contributed by atoms with E-state index in [9.17, 15) is 9.18 Å². The first kappa shape index (κ1) is 11.9. The number of alkyl halides is 1. The lowest BCUT2D eigenvalue weighted by Crippen LogP contribution is -2.14. The highest BCUT2D eigenvalue weighted by Gasteiger charge is 2.62. The zero-order valence-electron chi connectivity index (χ0n) is 9.90. The van der Waals surface area contributed by atoms with Crippen LogP contribution in [0.15, 0.2) is 24.3 Å². The first-order chi connectivity index (χ1) is 8.13. The second kappa shape index (κ2) is 4.35. The quantitative estimate of drug-likeness (QED) is 0.756. The molecule has 0 aromatic heterocycles. The Labute approximate surface area is 99.5 Å². The number of para-hydroxylation sites is 1. The van der Waals surface area contributed by atoms with Gasteiger partial charge < -0.3 is 9.47 Å². The number of methoxy groups -OCH3 is 1. The molecule has 1 fully saturated rings. The number of halogens is 1. The van der Waals surface area contributed by atoms with E-state index in [4.69, 9.17) is 9.47 Å². The average Bonchev–Trinajstić information content (AvgIpc) is 3.03. The molecular formula is C13H15FO3. The van der Waals surface area contributed by atoms with Gasteiger partial charge in [0.1, 0.15) is 5.75 Å². The third-order valence-electron chi connectivity index (χ3n) is 3.02. The minimum atomic E-state index is -1.63. The van der Waals surface area contributed by atoms with Crippen LogP contribution in [0.2, 0.25) is 0 Å². The summed E-state index contributed by atoms with van der Waals surface area (Å²) < 4.78 is 24.5. The lowest BCUT2D eigenvalue weighted by molar-refractivity contribution is -0.145. The number of benzene rings is 1. The molecule has 2 atom stereocenters. The van der Waals surface area contributed by atoms with Gasteiger partial charge in [0.25, 0.3) is 0 Å². The Bertz CT molecular complexity index is 432. The summed E-state index contributed by atoms with van der Waals surface area (Å²) in [6.45, 7) is 1.99. The van der Waals surface area contributed by atoms with Crippen molar-refractivity contribution in [2.75, 3.05) is 13.7 Å². The van der Waals surface area contributed by atoms with Gasteiger partial charge in [-0.15, -0.1) is 0 Å². The SMILES string of the molecule is CCOC(=O)[C@H]1C[C@]1(F)c1ccccc1OC. The van der Waals surface area contributed by atoms with E-state index in [1.54, 1.807) is 31.2 Å². The Morgan fingerprint density at radius 1 is 1.53 bits per heavy atom. The molecule has 0 bridgehead atoms. The van der Waals surface area contributed by atoms with Crippen LogP contribution in [0.5, 0.6) is 5.75 Å². The van der Waals surface area contributed by atoms with E-state index in [0.29, 0.717) is 11.3 Å². The number of rotatable bonds is 4. The van der Waals surface area contributed by atoms with Crippen molar-refractivity contribution < 1.29 is 18.7 Å². The molecule has 0 amide bonds. The van der Waals surface area contributed by atoms with Crippen molar-refractivity contribution in [2.24, 2.45) is 5.92 Å². The van der Waals surface area contributed by atoms with Crippen LogP contribution < -0.4 is 4.74 Å². The van der Waals surface area contributed by atoms with Gasteiger partial charge in [0.15, 0.2) is 5.67 Å². The van der Waals surface area contributed by atoms with Gasteiger partial charge in [0, 0.05) is 12.0 Å². The molecule has 0 spiro atoms. The van der Waals surface area contributed by atoms with Crippen LogP contribution in [0.3, 0.4) is 0 Å². The van der Waals surface area contributed by atoms with Gasteiger partial charge in [-0.1, -0.05) is 18.2 Å². The minimum Gasteiger partial charge on any atom is -0.496 e. The van der Waals surface area contributed by atoms with Crippen LogP contribution in [-0.4, -0.2) is 19.7 Å². The highest BCUT2D eigenvalue weighted by molar-refractivity contribution is 5.78. The van der Waals surface area contributed by atoms with E-state index in [-0.39, 0.29) is 13.0 Å². The third kappa shape index (κ3) is 1.99. The number of hydrogen-bond acceptors (Lipinski definition) is 3. The molecule has 0 N–H and O–H groups in total. The molecule has 0 aliphatic heterocycles. The predicted molar refractivity (Wildman–Crippen MR) is 60.5 cm³/mol. The fourth-order valence-corrected chi connectivity index (χ4v) is 2.04. The molecule has 4 heteroatoms. The van der Waals surface area contributed by atoms with E-state index < -0.39 is 17.6 Å². The van der Waals surface area contributed by atoms with E-state index >= 15 is 0 Å². The Hall–Kier alpha value is -1.58. The van der Waals surface area contributed by atoms with Crippen molar-refractivity contribution in [2.45, 2.75) is 19.0 Å². The number of ether oxygens (including phenoxy) is 2. The highest BCUT2D eigenvalue weighted by atomic mass is 19.1. The zero-order valence-corrected chi connectivity index (χ0v) is 9.90. The van der Waals surface area contributed by atoms with E-state index in [1.165, 1.54) is 7.11 Å². The minimum absolute atomic E-state index is 0.173. The number of hydrogen-bond donors (Lipinski definition) is 0. The summed E-state index contributed by atoms with van der Waals surface area (Å²) in [7, 11) is 1.49. The summed E-state index contributed by atoms with van der Waals surface area (Å²) in [5, 5.41) is 0. The fraction of sp³-hybridized carbons (Fsp3) is 0.462. The molecule has 92 valence electrons. The van der Waals surface area contributed by atoms with E-state index in [0.717, 1.165) is 0 Å². The lowest BCUT2D eigenvalue weighted by Gasteiger charge is -2.12. The van der Waals surface area contributed by atoms with Crippen molar-refractivity contribution in [1.29, 1.82) is 0 Å². The number of esters is 1. The molecule has 0 saturated heterocycles. The lowest BCUT2D eigenvalue weighted by atomic mass is 10.1. The molecule has 1 aliphatic rings. The van der Waals surface area contributed by atoms with Crippen LogP contribution in [-0.2, 0) is 15.2 Å². The maximum atomic E-state index is 14.5. The molecule has 3 nitrogen and oxygen atoms in total. The Balaban J connectivity index is 2.21. The summed E-state index contributed by atoms with van der Waals surface area (Å²) in [5.74, 6) is -0.693. The van der Waals surface area contributed by atoms with Gasteiger partial charge in [0.05, 0.1) is 19.6 Å². The normalized spacial score (nSPS) is 26.4. The maximum absolute atomic E-state index is 14.5. The monoisotopic (exact) mass is 238 g/mol. The predicted octanol–water partition coefficient (Wildman–Crippen LogP) is 2.44. The Kier molecular flexibility index (Phi) is 3.05. The average molecular weight is 238 g/mol. The summed E-state index contributed by atoms with van der Waals surface area (Å²) in [4.78, 5) is 11.5. The van der Waals surface area contributed by atoms with Crippen molar-refractivity contribution >= 4 is 5.97 Å². The molecule has 0 radical (unpaired) electrons. The Morgan fingerprint density at radius 3 is 2.88 bits per heavy atom. The molecule has 2 rings (SSSR count). The molecule has 0 heterocycles. The zero-order chi connectivity index (χ0) is 12.5. The van der Waals surface area contributed by atoms with Gasteiger partial charge >= 0.3 is 5.97 Å². The molecular weight excluding hydrogens is 223 g/mol. The second-order valence-electron chi connectivity index (χ2n) is 4.07. The fourth-order valence-electron chi connectivity index (χ4n) is 2.04. The Morgan fingerprint density at radius 2 is 2.24 bits per heavy atom. The standard InChI is InChI=1S/C13H15FO3/c1-3-17-12(15)10-8-13(10,14)9-6-4-5-7-11(9)16-2/h4-7,10H,3,8H2,1-2H3/t10-,13+/m1/s1. The summed E-state index contributed by atoms with van der Waals surface area (Å²) in [5.41, 5.74) is -1.20. The first-order valence-electron chi connectivity index (χ1n) is 5.62. The smallest absolute Gasteiger partial charge is 0.312 e. The van der Waals surface area contributed by atoms with Crippen LogP contribution in [0.4, 0.5) is 4.39 Å². The van der Waals surface area contributed by atoms with Gasteiger partial charge in [0.2, 0.25) is 0 Å². The van der Waals surface area contributed by atoms with E-state index in [2.05, 4.69) is 0 Å². The largest absolute Gasteiger partial charge is 0.496 e. The van der Waals surface area contributed by atoms with Gasteiger partial charge in [-0.2, -0.15) is 0 Å². The van der Waals surface area contributed by atoms with Gasteiger partial charge in [-0.3, -0.25) is 4.79 Å². The number of carbonyl (C=O) groups excluding carboxylic acids is 1. The molecule has 1 aliphatic carbocycles. The van der Waals surface area contributed by atoms with Crippen LogP contribution in [0.1, 0.15) is 18.9 Å². The molecule has 1 aromatic rings. The molecule has 17 heavy (non-hydrogen) atoms. The third-order valence-corrected chi connectivity index (χ3v) is 3.02. The second-order valence-corrected chi connectivity index (χ2v) is 4.07. The van der Waals surface area contributed by atoms with Gasteiger partial charge in [-0.05, 0) is 13.0 Å². The highest BCUT2D eigenvalue weighted by Crippen LogP contribution is 2.58. The van der Waals surface area contributed by atoms with Crippen LogP contribution in [0, 0.1) is 5.92 Å². The summed E-state index contributed by atoms with van der Waals surface area (Å²) in [6, 6.07) is 6.85. The maximum Gasteiger partial charge on any atom is 0.312 e. The number of carbonyl (C=O) groups is 1. The van der Waals surface area contributed by atoms with E-state index in [1.807, 2.05) is 0 Å². The van der Waals surface area contributed by atoms with Crippen LogP contribution >= 0.6 is 0 Å². The molecule has 1 aromatic carbocycles. The molecule has 0 unspecified atom stereocenters. The summed E-state index contributed by atoms with van der Waals surface area (Å²) >= 11 is 0. The van der Waals surface area contributed by atoms with Crippen molar-refractivity contribution in [3.8, 4) is 5.75 Å². The molecule has 1 saturated carbocycles. The van der Waals surface area contributed by atoms with Gasteiger partial charge in [-0.25, -0.2) is 4.39 Å². The van der Waals surface area contributed by atoms with Crippen molar-refractivity contribution in [3.05, 3.63) is 29.8 Å². The summed E-state index contributed by atoms with van der Waals surface area (Å²) in [6.07, 6.45) is 0.173. The van der Waals surface area contributed by atoms with Crippen molar-refractivity contribution in [1.82, 2.24) is 0 Å². The van der Waals surface area contributed by atoms with Crippen molar-refractivity contribution in [3.63, 3.8) is 0 Å². The van der Waals surface area contributed by atoms with Crippen LogP contribution in [0.25, 0.3) is 0 Å². The topological polar surface area (TPSA) is 35.5 Å². The first-order valence-corrected chi connectivity index (χ1v) is 5.62.